The van der Waals surface area contributed by atoms with Gasteiger partial charge >= 0.3 is 12.1 Å². The van der Waals surface area contributed by atoms with Crippen molar-refractivity contribution in [3.8, 4) is 0 Å². The first-order valence-corrected chi connectivity index (χ1v) is 12.5. The highest BCUT2D eigenvalue weighted by Crippen LogP contribution is 2.39. The summed E-state index contributed by atoms with van der Waals surface area (Å²) >= 11 is 0.661. The molecule has 0 saturated heterocycles. The monoisotopic (exact) mass is 498 g/mol. The fourth-order valence-corrected chi connectivity index (χ4v) is 5.09. The molecule has 1 atom stereocenters. The van der Waals surface area contributed by atoms with Gasteiger partial charge in [-0.25, -0.2) is 0 Å². The topological polar surface area (TPSA) is 78.4 Å². The van der Waals surface area contributed by atoms with Crippen molar-refractivity contribution < 1.29 is 23.1 Å². The second kappa shape index (κ2) is 10.9. The van der Waals surface area contributed by atoms with Gasteiger partial charge in [0.1, 0.15) is 0 Å². The fraction of sp³-hybridized carbons (Fsp3) is 0.625. The summed E-state index contributed by atoms with van der Waals surface area (Å²) in [6.07, 6.45) is -0.253. The maximum Gasteiger partial charge on any atom is 0.452 e. The van der Waals surface area contributed by atoms with Gasteiger partial charge in [0.2, 0.25) is 11.0 Å². The number of aliphatic carboxylic acids is 1. The minimum atomic E-state index is -4.61. The third-order valence-electron chi connectivity index (χ3n) is 6.29. The number of hydrogen-bond donors (Lipinski definition) is 2. The summed E-state index contributed by atoms with van der Waals surface area (Å²) in [5.41, 5.74) is 2.32. The van der Waals surface area contributed by atoms with Gasteiger partial charge in [0, 0.05) is 24.1 Å². The summed E-state index contributed by atoms with van der Waals surface area (Å²) in [4.78, 5) is 17.2. The zero-order valence-corrected chi connectivity index (χ0v) is 20.8. The first kappa shape index (κ1) is 26.2. The summed E-state index contributed by atoms with van der Waals surface area (Å²) in [7, 11) is 0. The van der Waals surface area contributed by atoms with E-state index >= 15 is 0 Å². The van der Waals surface area contributed by atoms with Crippen LogP contribution in [0.25, 0.3) is 0 Å². The molecule has 188 valence electrons. The molecule has 0 aliphatic heterocycles. The summed E-state index contributed by atoms with van der Waals surface area (Å²) in [5.74, 6) is -1.24. The third-order valence-corrected chi connectivity index (χ3v) is 6.92. The van der Waals surface area contributed by atoms with E-state index in [0.29, 0.717) is 35.1 Å². The molecule has 2 N–H and O–H groups in total. The smallest absolute Gasteiger partial charge is 0.452 e. The van der Waals surface area contributed by atoms with Crippen molar-refractivity contribution in [3.05, 3.63) is 29.6 Å². The Morgan fingerprint density at radius 3 is 2.47 bits per heavy atom. The molecule has 0 amide bonds. The number of hydrogen-bond acceptors (Lipinski definition) is 6. The molecule has 1 fully saturated rings. The van der Waals surface area contributed by atoms with Crippen molar-refractivity contribution in [2.75, 3.05) is 16.8 Å². The number of anilines is 3. The van der Waals surface area contributed by atoms with Gasteiger partial charge in [-0.15, -0.1) is 0 Å². The van der Waals surface area contributed by atoms with Gasteiger partial charge in [-0.1, -0.05) is 33.8 Å². The molecule has 1 saturated carbocycles. The molecule has 1 aromatic carbocycles. The number of carboxylic acid groups (broad SMARTS) is 1. The zero-order valence-electron chi connectivity index (χ0n) is 20.0. The Labute approximate surface area is 202 Å². The molecule has 0 radical (unpaired) electrons. The number of alkyl halides is 3. The van der Waals surface area contributed by atoms with Crippen molar-refractivity contribution in [1.82, 2.24) is 9.36 Å². The number of benzene rings is 1. The van der Waals surface area contributed by atoms with E-state index in [1.165, 1.54) is 0 Å². The molecule has 6 nitrogen and oxygen atoms in total. The average Bonchev–Trinajstić information content (AvgIpc) is 3.21. The number of aromatic nitrogens is 2. The van der Waals surface area contributed by atoms with E-state index in [9.17, 15) is 23.1 Å². The Hall–Kier alpha value is -2.36. The lowest BCUT2D eigenvalue weighted by molar-refractivity contribution is -0.144. The first-order chi connectivity index (χ1) is 15.9. The fourth-order valence-electron chi connectivity index (χ4n) is 4.49. The molecule has 3 rings (SSSR count). The van der Waals surface area contributed by atoms with E-state index < -0.39 is 18.0 Å². The van der Waals surface area contributed by atoms with Crippen LogP contribution >= 0.6 is 11.5 Å². The lowest BCUT2D eigenvalue weighted by Crippen LogP contribution is -2.40. The van der Waals surface area contributed by atoms with Crippen LogP contribution in [0, 0.1) is 11.8 Å². The van der Waals surface area contributed by atoms with Crippen molar-refractivity contribution in [1.29, 1.82) is 0 Å². The highest BCUT2D eigenvalue weighted by atomic mass is 32.1. The molecule has 1 aliphatic rings. The number of rotatable bonds is 9. The Balaban J connectivity index is 2.00. The van der Waals surface area contributed by atoms with Gasteiger partial charge in [-0.3, -0.25) is 4.79 Å². The average molecular weight is 499 g/mol. The quantitative estimate of drug-likeness (QED) is 0.391. The Morgan fingerprint density at radius 2 is 1.91 bits per heavy atom. The normalized spacial score (nSPS) is 19.8. The van der Waals surface area contributed by atoms with Crippen LogP contribution in [0.1, 0.15) is 77.1 Å². The minimum absolute atomic E-state index is 0.0357. The number of carboxylic acids is 1. The molecule has 1 aromatic heterocycles. The first-order valence-electron chi connectivity index (χ1n) is 11.7. The molecule has 0 bridgehead atoms. The van der Waals surface area contributed by atoms with E-state index in [1.54, 1.807) is 0 Å². The predicted molar refractivity (Wildman–Crippen MR) is 129 cm³/mol. The second-order valence-electron chi connectivity index (χ2n) is 9.78. The van der Waals surface area contributed by atoms with E-state index in [2.05, 4.69) is 40.3 Å². The summed E-state index contributed by atoms with van der Waals surface area (Å²) in [5, 5.41) is 12.3. The molecule has 1 heterocycles. The summed E-state index contributed by atoms with van der Waals surface area (Å²) < 4.78 is 42.6. The van der Waals surface area contributed by atoms with E-state index in [0.717, 1.165) is 43.5 Å². The lowest BCUT2D eigenvalue weighted by Gasteiger charge is -2.40. The van der Waals surface area contributed by atoms with Crippen LogP contribution in [0.2, 0.25) is 0 Å². The van der Waals surface area contributed by atoms with E-state index in [1.807, 2.05) is 25.1 Å². The molecular weight excluding hydrogens is 465 g/mol. The largest absolute Gasteiger partial charge is 0.481 e. The maximum absolute atomic E-state index is 13.0. The second-order valence-corrected chi connectivity index (χ2v) is 10.5. The van der Waals surface area contributed by atoms with Gasteiger partial charge in [0.25, 0.3) is 0 Å². The van der Waals surface area contributed by atoms with Crippen LogP contribution in [0.15, 0.2) is 18.2 Å². The van der Waals surface area contributed by atoms with Gasteiger partial charge in [-0.05, 0) is 61.1 Å². The van der Waals surface area contributed by atoms with E-state index in [-0.39, 0.29) is 17.5 Å². The van der Waals surface area contributed by atoms with E-state index in [4.69, 9.17) is 0 Å². The third kappa shape index (κ3) is 6.84. The number of carbonyl (C=O) groups is 1. The Bertz CT molecular complexity index is 971. The zero-order chi connectivity index (χ0) is 25.0. The molecule has 1 aliphatic carbocycles. The number of halogens is 3. The van der Waals surface area contributed by atoms with Crippen molar-refractivity contribution in [2.24, 2.45) is 11.8 Å². The lowest BCUT2D eigenvalue weighted by atomic mass is 9.86. The van der Waals surface area contributed by atoms with Crippen LogP contribution in [0.5, 0.6) is 0 Å². The Morgan fingerprint density at radius 1 is 1.24 bits per heavy atom. The van der Waals surface area contributed by atoms with Crippen molar-refractivity contribution >= 4 is 34.0 Å². The summed E-state index contributed by atoms with van der Waals surface area (Å²) in [6.45, 7) is 9.20. The number of nitrogens with zero attached hydrogens (tertiary/aromatic N) is 3. The van der Waals surface area contributed by atoms with Crippen LogP contribution in [-0.4, -0.2) is 33.0 Å². The highest BCUT2D eigenvalue weighted by molar-refractivity contribution is 7.09. The maximum atomic E-state index is 13.0. The van der Waals surface area contributed by atoms with Crippen LogP contribution in [0.4, 0.5) is 29.7 Å². The van der Waals surface area contributed by atoms with Gasteiger partial charge in [0.05, 0.1) is 17.8 Å². The molecule has 34 heavy (non-hydrogen) atoms. The predicted octanol–water partition coefficient (Wildman–Crippen LogP) is 6.92. The minimum Gasteiger partial charge on any atom is -0.481 e. The standard InChI is InChI=1S/C24H33F3N4O2S/c1-14(2)13-31(18-8-5-15(3)6-9-18)20-10-7-17(16(4)11-21(32)33)12-19(20)28-23-29-22(30-34-23)24(25,26)27/h7,10,12,14-16,18H,5-6,8-9,11,13H2,1-4H3,(H,32,33)(H,28,29,30). The van der Waals surface area contributed by atoms with Gasteiger partial charge in [-0.2, -0.15) is 22.5 Å². The van der Waals surface area contributed by atoms with Crippen LogP contribution < -0.4 is 10.2 Å². The Kier molecular flexibility index (Phi) is 8.43. The molecule has 0 spiro atoms. The number of nitrogens with one attached hydrogen (secondary N) is 1. The molecule has 2 aromatic rings. The van der Waals surface area contributed by atoms with Gasteiger partial charge in [0.15, 0.2) is 0 Å². The highest BCUT2D eigenvalue weighted by Gasteiger charge is 2.36. The molecule has 1 unspecified atom stereocenters. The molecular formula is C24H33F3N4O2S. The van der Waals surface area contributed by atoms with Crippen LogP contribution in [-0.2, 0) is 11.0 Å². The van der Waals surface area contributed by atoms with Gasteiger partial charge < -0.3 is 15.3 Å². The van der Waals surface area contributed by atoms with Crippen molar-refractivity contribution in [2.45, 2.75) is 77.9 Å². The van der Waals surface area contributed by atoms with Crippen LogP contribution in [0.3, 0.4) is 0 Å². The SMILES string of the molecule is CC(C)CN(c1ccc(C(C)CC(=O)O)cc1Nc1nc(C(F)(F)F)ns1)C1CCC(C)CC1. The molecule has 10 heteroatoms. The van der Waals surface area contributed by atoms with Crippen molar-refractivity contribution in [3.63, 3.8) is 0 Å². The summed E-state index contributed by atoms with van der Waals surface area (Å²) in [6, 6.07) is 6.06.